The van der Waals surface area contributed by atoms with Crippen molar-refractivity contribution in [3.05, 3.63) is 36.4 Å². The second-order valence-electron chi connectivity index (χ2n) is 11.7. The number of nitrogens with zero attached hydrogens (tertiary/aromatic N) is 1. The minimum atomic E-state index is -1.11. The lowest BCUT2D eigenvalue weighted by Gasteiger charge is -2.37. The van der Waals surface area contributed by atoms with E-state index in [2.05, 4.69) is 10.6 Å². The van der Waals surface area contributed by atoms with E-state index in [0.29, 0.717) is 11.4 Å². The molecule has 1 aromatic rings. The molecule has 3 amide bonds. The van der Waals surface area contributed by atoms with E-state index in [4.69, 9.17) is 9.47 Å². The zero-order chi connectivity index (χ0) is 26.3. The number of ether oxygens (including phenoxy) is 2. The van der Waals surface area contributed by atoms with Crippen LogP contribution in [0.2, 0.25) is 0 Å². The van der Waals surface area contributed by atoms with Crippen molar-refractivity contribution in [1.82, 2.24) is 10.2 Å². The van der Waals surface area contributed by atoms with Crippen molar-refractivity contribution in [2.45, 2.75) is 100 Å². The molecule has 8 heteroatoms. The molecule has 8 nitrogen and oxygen atoms in total. The van der Waals surface area contributed by atoms with Crippen molar-refractivity contribution in [1.29, 1.82) is 0 Å². The van der Waals surface area contributed by atoms with Gasteiger partial charge >= 0.3 is 0 Å². The van der Waals surface area contributed by atoms with E-state index < -0.39 is 29.6 Å². The number of hydrogen-bond donors (Lipinski definition) is 2. The zero-order valence-electron chi connectivity index (χ0n) is 22.2. The minimum Gasteiger partial charge on any atom is -0.497 e. The summed E-state index contributed by atoms with van der Waals surface area (Å²) in [6.07, 6.45) is 14.8. The van der Waals surface area contributed by atoms with Crippen LogP contribution in [-0.2, 0) is 19.1 Å². The molecular formula is C30H39N3O5. The molecule has 38 heavy (non-hydrogen) atoms. The van der Waals surface area contributed by atoms with E-state index in [1.807, 2.05) is 29.2 Å². The summed E-state index contributed by atoms with van der Waals surface area (Å²) in [4.78, 5) is 43.8. The molecule has 3 aliphatic heterocycles. The third kappa shape index (κ3) is 4.31. The molecule has 6 rings (SSSR count). The molecule has 5 atom stereocenters. The van der Waals surface area contributed by atoms with Crippen molar-refractivity contribution in [2.75, 3.05) is 12.4 Å². The zero-order valence-corrected chi connectivity index (χ0v) is 22.2. The first kappa shape index (κ1) is 25.4. The monoisotopic (exact) mass is 521 g/mol. The van der Waals surface area contributed by atoms with Crippen LogP contribution in [0.3, 0.4) is 0 Å². The molecule has 4 fully saturated rings. The number of carbonyl (C=O) groups is 3. The second-order valence-corrected chi connectivity index (χ2v) is 11.7. The van der Waals surface area contributed by atoms with Gasteiger partial charge in [0.1, 0.15) is 17.4 Å². The SMILES string of the molecule is COc1cccc(NC(=O)[C@@H]2[C@@H]3C=C[C@]4(O3)[C@@H]2C(=O)N(C2CCCCCC2)[C@H]4C(=O)NC2CCCCC2)c1. The van der Waals surface area contributed by atoms with E-state index in [1.165, 1.54) is 6.42 Å². The Morgan fingerprint density at radius 3 is 2.45 bits per heavy atom. The topological polar surface area (TPSA) is 97.0 Å². The third-order valence-corrected chi connectivity index (χ3v) is 9.37. The Bertz CT molecular complexity index is 1110. The molecule has 2 aliphatic carbocycles. The molecule has 5 aliphatic rings. The van der Waals surface area contributed by atoms with E-state index in [0.717, 1.165) is 64.2 Å². The van der Waals surface area contributed by atoms with Gasteiger partial charge in [0.15, 0.2) is 0 Å². The number of fused-ring (bicyclic) bond motifs is 1. The predicted molar refractivity (Wildman–Crippen MR) is 142 cm³/mol. The van der Waals surface area contributed by atoms with Gasteiger partial charge < -0.3 is 25.0 Å². The Labute approximate surface area is 224 Å². The maximum atomic E-state index is 14.3. The number of nitrogens with one attached hydrogen (secondary N) is 2. The molecule has 2 saturated heterocycles. The molecule has 2 saturated carbocycles. The number of rotatable bonds is 6. The summed E-state index contributed by atoms with van der Waals surface area (Å²) in [5, 5.41) is 6.28. The van der Waals surface area contributed by atoms with Crippen molar-refractivity contribution in [3.63, 3.8) is 0 Å². The molecule has 0 unspecified atom stereocenters. The third-order valence-electron chi connectivity index (χ3n) is 9.37. The van der Waals surface area contributed by atoms with Crippen LogP contribution < -0.4 is 15.4 Å². The Morgan fingerprint density at radius 2 is 1.71 bits per heavy atom. The molecule has 0 aromatic heterocycles. The highest BCUT2D eigenvalue weighted by molar-refractivity contribution is 6.03. The normalized spacial score (nSPS) is 33.2. The van der Waals surface area contributed by atoms with Gasteiger partial charge in [0.2, 0.25) is 17.7 Å². The van der Waals surface area contributed by atoms with Crippen LogP contribution in [0.25, 0.3) is 0 Å². The van der Waals surface area contributed by atoms with Gasteiger partial charge in [-0.2, -0.15) is 0 Å². The van der Waals surface area contributed by atoms with E-state index >= 15 is 0 Å². The first-order valence-corrected chi connectivity index (χ1v) is 14.5. The van der Waals surface area contributed by atoms with Gasteiger partial charge in [-0.3, -0.25) is 14.4 Å². The number of methoxy groups -OCH3 is 1. The fourth-order valence-corrected chi connectivity index (χ4v) is 7.59. The number of benzene rings is 1. The lowest BCUT2D eigenvalue weighted by molar-refractivity contribution is -0.144. The Hall–Kier alpha value is -2.87. The minimum absolute atomic E-state index is 0.00905. The highest BCUT2D eigenvalue weighted by atomic mass is 16.5. The molecule has 1 spiro atoms. The van der Waals surface area contributed by atoms with Crippen LogP contribution in [0.4, 0.5) is 5.69 Å². The van der Waals surface area contributed by atoms with Crippen molar-refractivity contribution in [2.24, 2.45) is 11.8 Å². The molecule has 1 aromatic carbocycles. The average molecular weight is 522 g/mol. The summed E-state index contributed by atoms with van der Waals surface area (Å²) in [5.74, 6) is -1.27. The fraction of sp³-hybridized carbons (Fsp3) is 0.633. The van der Waals surface area contributed by atoms with Gasteiger partial charge in [0.05, 0.1) is 25.0 Å². The highest BCUT2D eigenvalue weighted by Crippen LogP contribution is 2.56. The maximum Gasteiger partial charge on any atom is 0.246 e. The first-order chi connectivity index (χ1) is 18.5. The number of carbonyl (C=O) groups excluding carboxylic acids is 3. The Morgan fingerprint density at radius 1 is 1.00 bits per heavy atom. The summed E-state index contributed by atoms with van der Waals surface area (Å²) >= 11 is 0. The molecule has 3 heterocycles. The van der Waals surface area contributed by atoms with Crippen molar-refractivity contribution >= 4 is 23.4 Å². The van der Waals surface area contributed by atoms with Gasteiger partial charge in [0.25, 0.3) is 0 Å². The van der Waals surface area contributed by atoms with Crippen molar-refractivity contribution in [3.8, 4) is 5.75 Å². The number of hydrogen-bond acceptors (Lipinski definition) is 5. The largest absolute Gasteiger partial charge is 0.497 e. The summed E-state index contributed by atoms with van der Waals surface area (Å²) in [5.41, 5.74) is -0.503. The summed E-state index contributed by atoms with van der Waals surface area (Å²) in [6.45, 7) is 0. The fourth-order valence-electron chi connectivity index (χ4n) is 7.59. The summed E-state index contributed by atoms with van der Waals surface area (Å²) in [6, 6.07) is 6.56. The van der Waals surface area contributed by atoms with Gasteiger partial charge in [-0.1, -0.05) is 63.2 Å². The van der Waals surface area contributed by atoms with Crippen LogP contribution in [0.15, 0.2) is 36.4 Å². The molecular weight excluding hydrogens is 482 g/mol. The molecule has 0 radical (unpaired) electrons. The van der Waals surface area contributed by atoms with E-state index in [-0.39, 0.29) is 29.8 Å². The number of amides is 3. The smallest absolute Gasteiger partial charge is 0.246 e. The number of anilines is 1. The van der Waals surface area contributed by atoms with Crippen molar-refractivity contribution < 1.29 is 23.9 Å². The standard InChI is InChI=1S/C30H39N3O5/c1-37-22-15-9-12-20(18-22)32-27(34)24-23-16-17-30(38-23)25(24)29(36)33(21-13-7-2-3-8-14-21)26(30)28(35)31-19-10-5-4-6-11-19/h9,12,15-19,21,23-26H,2-8,10-11,13-14H2,1H3,(H,31,35)(H,32,34)/t23-,24+,25-,26-,30-/m0/s1. The average Bonchev–Trinajstić information content (AvgIpc) is 3.48. The lowest BCUT2D eigenvalue weighted by atomic mass is 9.74. The first-order valence-electron chi connectivity index (χ1n) is 14.5. The predicted octanol–water partition coefficient (Wildman–Crippen LogP) is 3.96. The van der Waals surface area contributed by atoms with Gasteiger partial charge in [-0.15, -0.1) is 0 Å². The maximum absolute atomic E-state index is 14.3. The van der Waals surface area contributed by atoms with Gasteiger partial charge in [-0.25, -0.2) is 0 Å². The molecule has 204 valence electrons. The molecule has 2 N–H and O–H groups in total. The Balaban J connectivity index is 1.31. The second kappa shape index (κ2) is 10.4. The van der Waals surface area contributed by atoms with Crippen LogP contribution in [0.1, 0.15) is 70.6 Å². The van der Waals surface area contributed by atoms with Crippen LogP contribution in [0.5, 0.6) is 5.75 Å². The quantitative estimate of drug-likeness (QED) is 0.436. The van der Waals surface area contributed by atoms with Gasteiger partial charge in [-0.05, 0) is 37.8 Å². The van der Waals surface area contributed by atoms with Gasteiger partial charge in [0, 0.05) is 23.8 Å². The summed E-state index contributed by atoms with van der Waals surface area (Å²) in [7, 11) is 1.58. The lowest BCUT2D eigenvalue weighted by Crippen LogP contribution is -2.58. The number of likely N-dealkylation sites (tertiary alicyclic amines) is 1. The highest BCUT2D eigenvalue weighted by Gasteiger charge is 2.73. The Kier molecular flexibility index (Phi) is 6.93. The van der Waals surface area contributed by atoms with E-state index in [1.54, 1.807) is 19.2 Å². The molecule has 2 bridgehead atoms. The summed E-state index contributed by atoms with van der Waals surface area (Å²) < 4.78 is 11.8. The van der Waals surface area contributed by atoms with Crippen LogP contribution >= 0.6 is 0 Å². The van der Waals surface area contributed by atoms with Crippen LogP contribution in [0, 0.1) is 11.8 Å². The van der Waals surface area contributed by atoms with Crippen LogP contribution in [-0.4, -0.2) is 59.6 Å². The van der Waals surface area contributed by atoms with E-state index in [9.17, 15) is 14.4 Å².